The second kappa shape index (κ2) is 6.86. The molecule has 0 aliphatic carbocycles. The van der Waals surface area contributed by atoms with Crippen LogP contribution in [0.2, 0.25) is 0 Å². The summed E-state index contributed by atoms with van der Waals surface area (Å²) in [6.07, 6.45) is 0.957. The molecule has 19 heavy (non-hydrogen) atoms. The van der Waals surface area contributed by atoms with Crippen LogP contribution in [-0.4, -0.2) is 17.5 Å². The molecule has 0 amide bonds. The summed E-state index contributed by atoms with van der Waals surface area (Å²) in [4.78, 5) is 10.5. The molecule has 3 N–H and O–H groups in total. The van der Waals surface area contributed by atoms with E-state index in [0.717, 1.165) is 12.1 Å². The van der Waals surface area contributed by atoms with Gasteiger partial charge in [-0.3, -0.25) is 10.1 Å². The van der Waals surface area contributed by atoms with Crippen LogP contribution in [0.1, 0.15) is 25.8 Å². The molecular formula is C13H20BrN3O2. The molecule has 6 heteroatoms. The second-order valence-corrected chi connectivity index (χ2v) is 5.94. The molecule has 0 spiro atoms. The fraction of sp³-hybridized carbons (Fsp3) is 0.538. The molecule has 1 unspecified atom stereocenters. The quantitative estimate of drug-likeness (QED) is 0.618. The van der Waals surface area contributed by atoms with E-state index in [1.165, 1.54) is 6.07 Å². The Labute approximate surface area is 121 Å². The van der Waals surface area contributed by atoms with E-state index in [1.54, 1.807) is 13.0 Å². The maximum Gasteiger partial charge on any atom is 0.273 e. The molecule has 0 saturated carbocycles. The number of nitrogens with one attached hydrogen (secondary N) is 1. The number of rotatable bonds is 6. The van der Waals surface area contributed by atoms with Gasteiger partial charge in [0.05, 0.1) is 4.92 Å². The number of nitro benzene ring substituents is 1. The Kier molecular flexibility index (Phi) is 5.75. The van der Waals surface area contributed by atoms with E-state index in [-0.39, 0.29) is 16.7 Å². The Morgan fingerprint density at radius 1 is 1.47 bits per heavy atom. The number of hydrogen-bond donors (Lipinski definition) is 2. The van der Waals surface area contributed by atoms with Crippen molar-refractivity contribution in [2.75, 3.05) is 11.9 Å². The molecular weight excluding hydrogens is 310 g/mol. The normalized spacial score (nSPS) is 12.5. The monoisotopic (exact) mass is 329 g/mol. The lowest BCUT2D eigenvalue weighted by molar-refractivity contribution is -0.385. The Morgan fingerprint density at radius 2 is 2.11 bits per heavy atom. The Balaban J connectivity index is 2.95. The Bertz CT molecular complexity index is 463. The van der Waals surface area contributed by atoms with Crippen LogP contribution < -0.4 is 11.1 Å². The molecule has 5 nitrogen and oxygen atoms in total. The van der Waals surface area contributed by atoms with Gasteiger partial charge >= 0.3 is 0 Å². The third kappa shape index (κ3) is 4.47. The zero-order valence-electron chi connectivity index (χ0n) is 11.4. The van der Waals surface area contributed by atoms with Crippen molar-refractivity contribution >= 4 is 27.3 Å². The zero-order chi connectivity index (χ0) is 14.6. The summed E-state index contributed by atoms with van der Waals surface area (Å²) in [5.74, 6) is 0.541. The van der Waals surface area contributed by atoms with Crippen LogP contribution in [0.3, 0.4) is 0 Å². The largest absolute Gasteiger partial charge is 0.380 e. The third-order valence-electron chi connectivity index (χ3n) is 2.88. The van der Waals surface area contributed by atoms with Gasteiger partial charge in [-0.2, -0.15) is 0 Å². The van der Waals surface area contributed by atoms with Crippen LogP contribution in [0.15, 0.2) is 16.6 Å². The first kappa shape index (κ1) is 15.9. The number of aryl methyl sites for hydroxylation is 1. The first-order valence-corrected chi connectivity index (χ1v) is 7.05. The lowest BCUT2D eigenvalue weighted by atomic mass is 10.0. The Hall–Kier alpha value is -1.14. The van der Waals surface area contributed by atoms with Gasteiger partial charge in [0.15, 0.2) is 0 Å². The van der Waals surface area contributed by atoms with Gasteiger partial charge in [0, 0.05) is 34.4 Å². The van der Waals surface area contributed by atoms with E-state index in [4.69, 9.17) is 5.73 Å². The first-order chi connectivity index (χ1) is 8.85. The van der Waals surface area contributed by atoms with Gasteiger partial charge in [-0.25, -0.2) is 0 Å². The summed E-state index contributed by atoms with van der Waals surface area (Å²) in [6, 6.07) is 3.48. The fourth-order valence-electron chi connectivity index (χ4n) is 1.98. The summed E-state index contributed by atoms with van der Waals surface area (Å²) in [5.41, 5.74) is 7.35. The van der Waals surface area contributed by atoms with Crippen molar-refractivity contribution < 1.29 is 4.92 Å². The molecule has 0 saturated heterocycles. The minimum atomic E-state index is -0.377. The molecule has 1 aromatic rings. The molecule has 1 aromatic carbocycles. The highest BCUT2D eigenvalue weighted by atomic mass is 79.9. The lowest BCUT2D eigenvalue weighted by Crippen LogP contribution is -2.30. The number of benzene rings is 1. The molecule has 0 aliphatic heterocycles. The van der Waals surface area contributed by atoms with Gasteiger partial charge in [0.1, 0.15) is 0 Å². The predicted molar refractivity (Wildman–Crippen MR) is 81.5 cm³/mol. The maximum atomic E-state index is 10.9. The van der Waals surface area contributed by atoms with E-state index in [9.17, 15) is 10.1 Å². The minimum absolute atomic E-state index is 0.116. The third-order valence-corrected chi connectivity index (χ3v) is 3.54. The second-order valence-electron chi connectivity index (χ2n) is 5.08. The van der Waals surface area contributed by atoms with Gasteiger partial charge in [-0.1, -0.05) is 13.8 Å². The van der Waals surface area contributed by atoms with Gasteiger partial charge in [-0.05, 0) is 41.3 Å². The van der Waals surface area contributed by atoms with Crippen molar-refractivity contribution in [1.82, 2.24) is 0 Å². The van der Waals surface area contributed by atoms with Crippen molar-refractivity contribution in [2.45, 2.75) is 33.2 Å². The summed E-state index contributed by atoms with van der Waals surface area (Å²) in [5, 5.41) is 14.2. The summed E-state index contributed by atoms with van der Waals surface area (Å²) in [6.45, 7) is 6.54. The molecule has 0 aromatic heterocycles. The van der Waals surface area contributed by atoms with E-state index in [0.29, 0.717) is 22.5 Å². The van der Waals surface area contributed by atoms with Gasteiger partial charge in [0.2, 0.25) is 0 Å². The van der Waals surface area contributed by atoms with E-state index >= 15 is 0 Å². The van der Waals surface area contributed by atoms with Crippen molar-refractivity contribution in [3.05, 3.63) is 32.3 Å². The summed E-state index contributed by atoms with van der Waals surface area (Å²) < 4.78 is 0.687. The van der Waals surface area contributed by atoms with Crippen LogP contribution in [0.5, 0.6) is 0 Å². The molecule has 0 bridgehead atoms. The number of halogens is 1. The standard InChI is InChI=1S/C13H20BrN3O2/c1-8(2)4-10(7-15)16-12-5-9(3)13(17(18)19)6-11(12)14/h5-6,8,10,16H,4,7,15H2,1-3H3. The smallest absolute Gasteiger partial charge is 0.273 e. The average molecular weight is 330 g/mol. The van der Waals surface area contributed by atoms with Crippen molar-refractivity contribution in [1.29, 1.82) is 0 Å². The highest BCUT2D eigenvalue weighted by molar-refractivity contribution is 9.10. The lowest BCUT2D eigenvalue weighted by Gasteiger charge is -2.21. The number of nitro groups is 1. The molecule has 1 atom stereocenters. The van der Waals surface area contributed by atoms with Crippen LogP contribution in [-0.2, 0) is 0 Å². The average Bonchev–Trinajstić information content (AvgIpc) is 2.31. The van der Waals surface area contributed by atoms with Crippen LogP contribution in [0, 0.1) is 23.0 Å². The van der Waals surface area contributed by atoms with E-state index in [1.807, 2.05) is 0 Å². The zero-order valence-corrected chi connectivity index (χ0v) is 13.0. The molecule has 1 rings (SSSR count). The van der Waals surface area contributed by atoms with Crippen molar-refractivity contribution in [3.8, 4) is 0 Å². The number of nitrogens with two attached hydrogens (primary N) is 1. The highest BCUT2D eigenvalue weighted by Gasteiger charge is 2.16. The van der Waals surface area contributed by atoms with Crippen LogP contribution in [0.4, 0.5) is 11.4 Å². The van der Waals surface area contributed by atoms with Gasteiger partial charge in [0.25, 0.3) is 5.69 Å². The maximum absolute atomic E-state index is 10.9. The minimum Gasteiger partial charge on any atom is -0.380 e. The van der Waals surface area contributed by atoms with Gasteiger partial charge in [-0.15, -0.1) is 0 Å². The molecule has 0 fully saturated rings. The predicted octanol–water partition coefficient (Wildman–Crippen LogP) is 3.45. The van der Waals surface area contributed by atoms with Crippen LogP contribution >= 0.6 is 15.9 Å². The fourth-order valence-corrected chi connectivity index (χ4v) is 2.43. The summed E-state index contributed by atoms with van der Waals surface area (Å²) >= 11 is 3.37. The molecule has 0 heterocycles. The molecule has 0 aliphatic rings. The molecule has 0 radical (unpaired) electrons. The number of hydrogen-bond acceptors (Lipinski definition) is 4. The first-order valence-electron chi connectivity index (χ1n) is 6.26. The van der Waals surface area contributed by atoms with Gasteiger partial charge < -0.3 is 11.1 Å². The van der Waals surface area contributed by atoms with Crippen LogP contribution in [0.25, 0.3) is 0 Å². The highest BCUT2D eigenvalue weighted by Crippen LogP contribution is 2.31. The van der Waals surface area contributed by atoms with Crippen molar-refractivity contribution in [2.24, 2.45) is 11.7 Å². The number of nitrogens with zero attached hydrogens (tertiary/aromatic N) is 1. The van der Waals surface area contributed by atoms with E-state index < -0.39 is 0 Å². The SMILES string of the molecule is Cc1cc(NC(CN)CC(C)C)c(Br)cc1[N+](=O)[O-]. The Morgan fingerprint density at radius 3 is 2.58 bits per heavy atom. The van der Waals surface area contributed by atoms with E-state index in [2.05, 4.69) is 35.1 Å². The molecule has 106 valence electrons. The van der Waals surface area contributed by atoms with Crippen molar-refractivity contribution in [3.63, 3.8) is 0 Å². The topological polar surface area (TPSA) is 81.2 Å². The number of anilines is 1. The summed E-state index contributed by atoms with van der Waals surface area (Å²) in [7, 11) is 0.